The number of benzene rings is 1. The van der Waals surface area contributed by atoms with E-state index in [9.17, 15) is 8.42 Å². The first kappa shape index (κ1) is 12.2. The summed E-state index contributed by atoms with van der Waals surface area (Å²) in [5.74, 6) is 1.74. The minimum atomic E-state index is -3.20. The predicted octanol–water partition coefficient (Wildman–Crippen LogP) is 3.33. The van der Waals surface area contributed by atoms with Crippen molar-refractivity contribution in [1.29, 1.82) is 0 Å². The van der Waals surface area contributed by atoms with Crippen molar-refractivity contribution in [3.05, 3.63) is 33.6 Å². The molecule has 0 N–H and O–H groups in total. The van der Waals surface area contributed by atoms with Gasteiger partial charge in [-0.1, -0.05) is 22.9 Å². The van der Waals surface area contributed by atoms with Gasteiger partial charge in [0.1, 0.15) is 0 Å². The number of sulfone groups is 1. The topological polar surface area (TPSA) is 34.1 Å². The Kier molecular flexibility index (Phi) is 3.47. The molecule has 0 saturated carbocycles. The molecular weight excluding hydrogens is 308 g/mol. The van der Waals surface area contributed by atoms with Gasteiger partial charge in [0.2, 0.25) is 9.84 Å². The smallest absolute Gasteiger partial charge is 0.200 e. The molecule has 0 spiro atoms. The third kappa shape index (κ3) is 2.21. The van der Waals surface area contributed by atoms with E-state index in [1.165, 1.54) is 5.41 Å². The van der Waals surface area contributed by atoms with Gasteiger partial charge in [0.15, 0.2) is 0 Å². The summed E-state index contributed by atoms with van der Waals surface area (Å²) in [7, 11) is -3.20. The summed E-state index contributed by atoms with van der Waals surface area (Å²) < 4.78 is 24.6. The molecule has 2 nitrogen and oxygen atoms in total. The van der Waals surface area contributed by atoms with Crippen LogP contribution in [0.25, 0.3) is 5.57 Å². The van der Waals surface area contributed by atoms with Crippen LogP contribution in [0.1, 0.15) is 12.5 Å². The van der Waals surface area contributed by atoms with E-state index in [1.54, 1.807) is 23.9 Å². The molecule has 0 radical (unpaired) electrons. The second kappa shape index (κ2) is 4.55. The molecular formula is C11H11BrO2S2. The maximum absolute atomic E-state index is 11.8. The Morgan fingerprint density at radius 2 is 2.12 bits per heavy atom. The first-order chi connectivity index (χ1) is 7.54. The van der Waals surface area contributed by atoms with Crippen molar-refractivity contribution in [3.8, 4) is 0 Å². The lowest BCUT2D eigenvalue weighted by Crippen LogP contribution is -1.92. The standard InChI is InChI=1S/C11H11BrO2S2/c1-2-15-6-8-7-16(13,14)11-4-3-9(12)5-10(8)11/h3-5,7H,2,6H2,1H3. The van der Waals surface area contributed by atoms with Crippen molar-refractivity contribution < 1.29 is 8.42 Å². The number of hydrogen-bond donors (Lipinski definition) is 0. The monoisotopic (exact) mass is 318 g/mol. The highest BCUT2D eigenvalue weighted by Gasteiger charge is 2.26. The van der Waals surface area contributed by atoms with Crippen molar-refractivity contribution >= 4 is 43.1 Å². The van der Waals surface area contributed by atoms with Gasteiger partial charge in [0.05, 0.1) is 4.90 Å². The van der Waals surface area contributed by atoms with E-state index in [2.05, 4.69) is 22.9 Å². The van der Waals surface area contributed by atoms with Crippen LogP contribution in [0.3, 0.4) is 0 Å². The van der Waals surface area contributed by atoms with Gasteiger partial charge in [-0.3, -0.25) is 0 Å². The lowest BCUT2D eigenvalue weighted by Gasteiger charge is -2.03. The fraction of sp³-hybridized carbons (Fsp3) is 0.273. The summed E-state index contributed by atoms with van der Waals surface area (Å²) >= 11 is 5.10. The molecule has 0 bridgehead atoms. The molecule has 1 aromatic carbocycles. The fourth-order valence-corrected chi connectivity index (χ4v) is 4.23. The van der Waals surface area contributed by atoms with Crippen molar-refractivity contribution in [1.82, 2.24) is 0 Å². The molecule has 86 valence electrons. The molecule has 1 heterocycles. The zero-order chi connectivity index (χ0) is 11.8. The summed E-state index contributed by atoms with van der Waals surface area (Å²) in [6.45, 7) is 2.07. The third-order valence-corrected chi connectivity index (χ3v) is 5.33. The fourth-order valence-electron chi connectivity index (χ4n) is 1.64. The van der Waals surface area contributed by atoms with E-state index in [0.717, 1.165) is 27.1 Å². The van der Waals surface area contributed by atoms with Crippen LogP contribution in [0.2, 0.25) is 0 Å². The van der Waals surface area contributed by atoms with Crippen LogP contribution >= 0.6 is 27.7 Å². The van der Waals surface area contributed by atoms with Gasteiger partial charge < -0.3 is 0 Å². The number of halogens is 1. The molecule has 1 aromatic rings. The van der Waals surface area contributed by atoms with Crippen molar-refractivity contribution in [3.63, 3.8) is 0 Å². The Bertz CT molecular complexity index is 547. The van der Waals surface area contributed by atoms with Gasteiger partial charge in [-0.15, -0.1) is 0 Å². The van der Waals surface area contributed by atoms with E-state index >= 15 is 0 Å². The number of hydrogen-bond acceptors (Lipinski definition) is 3. The summed E-state index contributed by atoms with van der Waals surface area (Å²) in [6, 6.07) is 5.30. The normalized spacial score (nSPS) is 17.0. The molecule has 0 amide bonds. The van der Waals surface area contributed by atoms with Gasteiger partial charge in [-0.05, 0) is 35.1 Å². The third-order valence-electron chi connectivity index (χ3n) is 2.35. The number of thioether (sulfide) groups is 1. The predicted molar refractivity (Wildman–Crippen MR) is 72.3 cm³/mol. The summed E-state index contributed by atoms with van der Waals surface area (Å²) in [4.78, 5) is 0.433. The Morgan fingerprint density at radius 1 is 1.38 bits per heavy atom. The van der Waals surface area contributed by atoms with Gasteiger partial charge in [-0.25, -0.2) is 8.42 Å². The first-order valence-electron chi connectivity index (χ1n) is 4.88. The molecule has 1 aliphatic heterocycles. The lowest BCUT2D eigenvalue weighted by molar-refractivity contribution is 0.605. The number of fused-ring (bicyclic) bond motifs is 1. The molecule has 5 heteroatoms. The van der Waals surface area contributed by atoms with E-state index in [-0.39, 0.29) is 0 Å². The Labute approximate surface area is 108 Å². The average Bonchev–Trinajstić information content (AvgIpc) is 2.47. The van der Waals surface area contributed by atoms with Crippen LogP contribution in [0.15, 0.2) is 33.0 Å². The molecule has 0 fully saturated rings. The summed E-state index contributed by atoms with van der Waals surface area (Å²) in [5, 5.41) is 1.40. The van der Waals surface area contributed by atoms with Gasteiger partial charge in [0.25, 0.3) is 0 Å². The second-order valence-electron chi connectivity index (χ2n) is 3.47. The molecule has 2 rings (SSSR count). The Morgan fingerprint density at radius 3 is 2.81 bits per heavy atom. The second-order valence-corrected chi connectivity index (χ2v) is 7.42. The summed E-state index contributed by atoms with van der Waals surface area (Å²) in [6.07, 6.45) is 0. The van der Waals surface area contributed by atoms with E-state index in [0.29, 0.717) is 4.90 Å². The maximum atomic E-state index is 11.8. The molecule has 0 atom stereocenters. The Balaban J connectivity index is 2.49. The van der Waals surface area contributed by atoms with Crippen LogP contribution in [0.5, 0.6) is 0 Å². The summed E-state index contributed by atoms with van der Waals surface area (Å²) in [5.41, 5.74) is 1.75. The van der Waals surface area contributed by atoms with E-state index in [4.69, 9.17) is 0 Å². The molecule has 0 aromatic heterocycles. The molecule has 0 aliphatic carbocycles. The van der Waals surface area contributed by atoms with Gasteiger partial charge >= 0.3 is 0 Å². The minimum Gasteiger partial charge on any atom is -0.219 e. The minimum absolute atomic E-state index is 0.433. The zero-order valence-electron chi connectivity index (χ0n) is 8.73. The molecule has 0 unspecified atom stereocenters. The van der Waals surface area contributed by atoms with Crippen LogP contribution in [-0.4, -0.2) is 19.9 Å². The van der Waals surface area contributed by atoms with Crippen molar-refractivity contribution in [2.75, 3.05) is 11.5 Å². The zero-order valence-corrected chi connectivity index (χ0v) is 12.0. The number of rotatable bonds is 3. The van der Waals surface area contributed by atoms with Gasteiger partial charge in [-0.2, -0.15) is 11.8 Å². The highest BCUT2D eigenvalue weighted by Crippen LogP contribution is 2.36. The SMILES string of the molecule is CCSCC1=CS(=O)(=O)c2ccc(Br)cc21. The molecule has 0 saturated heterocycles. The van der Waals surface area contributed by atoms with E-state index < -0.39 is 9.84 Å². The van der Waals surface area contributed by atoms with Crippen LogP contribution in [-0.2, 0) is 9.84 Å². The Hall–Kier alpha value is -0.260. The largest absolute Gasteiger partial charge is 0.219 e. The maximum Gasteiger partial charge on any atom is 0.200 e. The highest BCUT2D eigenvalue weighted by atomic mass is 79.9. The average molecular weight is 319 g/mol. The van der Waals surface area contributed by atoms with Crippen molar-refractivity contribution in [2.45, 2.75) is 11.8 Å². The van der Waals surface area contributed by atoms with Crippen LogP contribution in [0.4, 0.5) is 0 Å². The highest BCUT2D eigenvalue weighted by molar-refractivity contribution is 9.10. The molecule has 16 heavy (non-hydrogen) atoms. The quantitative estimate of drug-likeness (QED) is 0.857. The van der Waals surface area contributed by atoms with Crippen LogP contribution < -0.4 is 0 Å². The first-order valence-corrected chi connectivity index (χ1v) is 8.37. The van der Waals surface area contributed by atoms with Crippen molar-refractivity contribution in [2.24, 2.45) is 0 Å². The molecule has 1 aliphatic rings. The lowest BCUT2D eigenvalue weighted by atomic mass is 10.1. The van der Waals surface area contributed by atoms with Crippen LogP contribution in [0, 0.1) is 0 Å². The van der Waals surface area contributed by atoms with Gasteiger partial charge in [0, 0.05) is 15.6 Å². The van der Waals surface area contributed by atoms with E-state index in [1.807, 2.05) is 6.07 Å².